The van der Waals surface area contributed by atoms with Gasteiger partial charge in [-0.1, -0.05) is 194 Å². The summed E-state index contributed by atoms with van der Waals surface area (Å²) in [5.41, 5.74) is 12.4. The van der Waals surface area contributed by atoms with Gasteiger partial charge >= 0.3 is 0 Å². The molecule has 0 aromatic heterocycles. The number of hydrogen-bond donors (Lipinski definition) is 0. The molecule has 0 atom stereocenters. The zero-order valence-corrected chi connectivity index (χ0v) is 26.5. The van der Waals surface area contributed by atoms with Gasteiger partial charge in [0, 0.05) is 0 Å². The van der Waals surface area contributed by atoms with Crippen LogP contribution in [0.4, 0.5) is 0 Å². The lowest BCUT2D eigenvalue weighted by Gasteiger charge is -2.22. The van der Waals surface area contributed by atoms with Crippen LogP contribution < -0.4 is 0 Å². The van der Waals surface area contributed by atoms with Crippen molar-refractivity contribution in [2.24, 2.45) is 0 Å². The first-order chi connectivity index (χ1) is 23.8. The second-order valence-electron chi connectivity index (χ2n) is 12.4. The molecule has 0 unspecified atom stereocenters. The minimum atomic E-state index is 1.21. The van der Waals surface area contributed by atoms with Crippen molar-refractivity contribution >= 4 is 32.3 Å². The Balaban J connectivity index is 1.43. The summed E-state index contributed by atoms with van der Waals surface area (Å²) in [6.45, 7) is 0. The lowest BCUT2D eigenvalue weighted by atomic mass is 9.81. The molecule has 0 amide bonds. The second kappa shape index (κ2) is 11.8. The molecule has 0 radical (unpaired) electrons. The van der Waals surface area contributed by atoms with Crippen LogP contribution in [0.25, 0.3) is 88.0 Å². The van der Waals surface area contributed by atoms with Crippen LogP contribution in [0.5, 0.6) is 0 Å². The van der Waals surface area contributed by atoms with Crippen molar-refractivity contribution in [2.75, 3.05) is 0 Å². The van der Waals surface area contributed by atoms with E-state index >= 15 is 0 Å². The summed E-state index contributed by atoms with van der Waals surface area (Å²) in [4.78, 5) is 0. The number of benzene rings is 9. The van der Waals surface area contributed by atoms with E-state index in [2.05, 4.69) is 194 Å². The first kappa shape index (κ1) is 28.0. The van der Waals surface area contributed by atoms with Crippen molar-refractivity contribution < 1.29 is 0 Å². The molecular weight excluding hydrogens is 577 g/mol. The van der Waals surface area contributed by atoms with Gasteiger partial charge in [0.2, 0.25) is 0 Å². The third-order valence-corrected chi connectivity index (χ3v) is 9.69. The third-order valence-electron chi connectivity index (χ3n) is 9.69. The Bertz CT molecular complexity index is 2570. The minimum Gasteiger partial charge on any atom is -0.0622 e. The van der Waals surface area contributed by atoms with E-state index in [1.54, 1.807) is 0 Å². The molecular formula is C48H32. The monoisotopic (exact) mass is 608 g/mol. The van der Waals surface area contributed by atoms with Crippen molar-refractivity contribution in [2.45, 2.75) is 0 Å². The molecule has 0 heterocycles. The van der Waals surface area contributed by atoms with Gasteiger partial charge in [0.25, 0.3) is 0 Å². The number of rotatable bonds is 5. The molecule has 0 spiro atoms. The SMILES string of the molecule is c1ccc(-c2ccc(-c3c4ccccc4c(-c4cccc5ccccc45)c4cccc(-c5ccccc5-c5ccccc5)c34)cc2)cc1. The van der Waals surface area contributed by atoms with E-state index in [0.717, 1.165) is 0 Å². The van der Waals surface area contributed by atoms with E-state index in [0.29, 0.717) is 0 Å². The maximum atomic E-state index is 2.33. The largest absolute Gasteiger partial charge is 0.0622 e. The van der Waals surface area contributed by atoms with Gasteiger partial charge in [-0.15, -0.1) is 0 Å². The average molecular weight is 609 g/mol. The molecule has 0 aliphatic heterocycles. The summed E-state index contributed by atoms with van der Waals surface area (Å²) in [5, 5.41) is 7.56. The summed E-state index contributed by atoms with van der Waals surface area (Å²) in [5.74, 6) is 0. The lowest BCUT2D eigenvalue weighted by molar-refractivity contribution is 1.59. The molecule has 0 aliphatic rings. The molecule has 0 bridgehead atoms. The Morgan fingerprint density at radius 3 is 1.42 bits per heavy atom. The van der Waals surface area contributed by atoms with Gasteiger partial charge in [-0.25, -0.2) is 0 Å². The van der Waals surface area contributed by atoms with E-state index in [1.165, 1.54) is 88.0 Å². The van der Waals surface area contributed by atoms with Crippen molar-refractivity contribution in [1.29, 1.82) is 0 Å². The summed E-state index contributed by atoms with van der Waals surface area (Å²) in [6, 6.07) is 70.7. The van der Waals surface area contributed by atoms with Crippen molar-refractivity contribution in [3.8, 4) is 55.6 Å². The molecule has 0 fully saturated rings. The van der Waals surface area contributed by atoms with Gasteiger partial charge in [0.05, 0.1) is 0 Å². The van der Waals surface area contributed by atoms with Crippen LogP contribution in [0, 0.1) is 0 Å². The van der Waals surface area contributed by atoms with Gasteiger partial charge in [-0.3, -0.25) is 0 Å². The summed E-state index contributed by atoms with van der Waals surface area (Å²) < 4.78 is 0. The molecule has 9 rings (SSSR count). The first-order valence-corrected chi connectivity index (χ1v) is 16.6. The maximum absolute atomic E-state index is 2.33. The highest BCUT2D eigenvalue weighted by Gasteiger charge is 2.21. The van der Waals surface area contributed by atoms with Gasteiger partial charge in [-0.05, 0) is 88.0 Å². The standard InChI is InChI=1S/C48H32/c1-3-15-33(16-4-1)34-29-31-37(32-30-34)46-43-24-11-12-25-44(43)47(41-26-13-20-36-19-7-8-22-39(36)41)45-28-14-27-42(48(45)46)40-23-10-9-21-38(40)35-17-5-2-6-18-35/h1-32H. The number of hydrogen-bond acceptors (Lipinski definition) is 0. The van der Waals surface area contributed by atoms with E-state index in [1.807, 2.05) is 0 Å². The van der Waals surface area contributed by atoms with E-state index in [-0.39, 0.29) is 0 Å². The van der Waals surface area contributed by atoms with E-state index < -0.39 is 0 Å². The molecule has 0 N–H and O–H groups in total. The smallest absolute Gasteiger partial charge is 0.00139 e. The summed E-state index contributed by atoms with van der Waals surface area (Å²) in [7, 11) is 0. The highest BCUT2D eigenvalue weighted by atomic mass is 14.2. The van der Waals surface area contributed by atoms with Crippen LogP contribution in [0.3, 0.4) is 0 Å². The van der Waals surface area contributed by atoms with Crippen LogP contribution in [-0.2, 0) is 0 Å². The molecule has 0 nitrogen and oxygen atoms in total. The summed E-state index contributed by atoms with van der Waals surface area (Å²) in [6.07, 6.45) is 0. The average Bonchev–Trinajstić information content (AvgIpc) is 3.17. The maximum Gasteiger partial charge on any atom is -0.00139 e. The fourth-order valence-corrected chi connectivity index (χ4v) is 7.53. The highest BCUT2D eigenvalue weighted by Crippen LogP contribution is 2.49. The zero-order valence-electron chi connectivity index (χ0n) is 26.5. The second-order valence-corrected chi connectivity index (χ2v) is 12.4. The summed E-state index contributed by atoms with van der Waals surface area (Å²) >= 11 is 0. The Morgan fingerprint density at radius 2 is 0.667 bits per heavy atom. The Kier molecular flexibility index (Phi) is 6.91. The molecule has 0 aliphatic carbocycles. The molecule has 0 saturated carbocycles. The number of fused-ring (bicyclic) bond motifs is 3. The molecule has 9 aromatic carbocycles. The topological polar surface area (TPSA) is 0 Å². The fourth-order valence-electron chi connectivity index (χ4n) is 7.53. The van der Waals surface area contributed by atoms with Crippen molar-refractivity contribution in [3.63, 3.8) is 0 Å². The molecule has 48 heavy (non-hydrogen) atoms. The van der Waals surface area contributed by atoms with Crippen LogP contribution >= 0.6 is 0 Å². The van der Waals surface area contributed by atoms with Crippen LogP contribution in [-0.4, -0.2) is 0 Å². The highest BCUT2D eigenvalue weighted by molar-refractivity contribution is 6.26. The van der Waals surface area contributed by atoms with Crippen molar-refractivity contribution in [1.82, 2.24) is 0 Å². The first-order valence-electron chi connectivity index (χ1n) is 16.6. The molecule has 9 aromatic rings. The molecule has 0 saturated heterocycles. The Hall–Kier alpha value is -6.24. The lowest BCUT2D eigenvalue weighted by Crippen LogP contribution is -1.95. The van der Waals surface area contributed by atoms with E-state index in [4.69, 9.17) is 0 Å². The molecule has 224 valence electrons. The predicted molar refractivity (Wildman–Crippen MR) is 206 cm³/mol. The van der Waals surface area contributed by atoms with Gasteiger partial charge in [0.15, 0.2) is 0 Å². The normalized spacial score (nSPS) is 11.3. The minimum absolute atomic E-state index is 1.21. The molecule has 0 heteroatoms. The van der Waals surface area contributed by atoms with Crippen LogP contribution in [0.2, 0.25) is 0 Å². The third kappa shape index (κ3) is 4.70. The van der Waals surface area contributed by atoms with Crippen LogP contribution in [0.1, 0.15) is 0 Å². The van der Waals surface area contributed by atoms with E-state index in [9.17, 15) is 0 Å². The van der Waals surface area contributed by atoms with Crippen LogP contribution in [0.15, 0.2) is 194 Å². The zero-order chi connectivity index (χ0) is 31.9. The van der Waals surface area contributed by atoms with Crippen molar-refractivity contribution in [3.05, 3.63) is 194 Å². The Morgan fingerprint density at radius 1 is 0.208 bits per heavy atom. The van der Waals surface area contributed by atoms with Gasteiger partial charge < -0.3 is 0 Å². The van der Waals surface area contributed by atoms with Gasteiger partial charge in [0.1, 0.15) is 0 Å². The Labute approximate surface area is 281 Å². The quantitative estimate of drug-likeness (QED) is 0.171. The fraction of sp³-hybridized carbons (Fsp3) is 0. The van der Waals surface area contributed by atoms with Gasteiger partial charge in [-0.2, -0.15) is 0 Å². The predicted octanol–water partition coefficient (Wildman–Crippen LogP) is 13.5.